The first-order valence-electron chi connectivity index (χ1n) is 5.80. The van der Waals surface area contributed by atoms with Gasteiger partial charge >= 0.3 is 0 Å². The number of aryl methyl sites for hydroxylation is 2. The van der Waals surface area contributed by atoms with Crippen molar-refractivity contribution in [1.82, 2.24) is 4.98 Å². The van der Waals surface area contributed by atoms with E-state index in [0.29, 0.717) is 5.56 Å². The van der Waals surface area contributed by atoms with Gasteiger partial charge in [-0.15, -0.1) is 0 Å². The molecule has 0 saturated heterocycles. The lowest BCUT2D eigenvalue weighted by Gasteiger charge is -2.09. The highest BCUT2D eigenvalue weighted by atomic mass is 32.2. The summed E-state index contributed by atoms with van der Waals surface area (Å²) >= 11 is 1.50. The summed E-state index contributed by atoms with van der Waals surface area (Å²) in [4.78, 5) is 5.38. The Labute approximate surface area is 116 Å². The summed E-state index contributed by atoms with van der Waals surface area (Å²) in [6.07, 6.45) is 1.72. The Kier molecular flexibility index (Phi) is 4.06. The first kappa shape index (κ1) is 13.4. The molecule has 0 aliphatic carbocycles. The third kappa shape index (κ3) is 3.06. The van der Waals surface area contributed by atoms with Gasteiger partial charge in [0.1, 0.15) is 5.03 Å². The molecule has 1 heterocycles. The number of hydrogen-bond acceptors (Lipinski definition) is 4. The smallest absolute Gasteiger partial charge is 0.173 e. The number of rotatable bonds is 3. The fourth-order valence-electron chi connectivity index (χ4n) is 1.69. The third-order valence-electron chi connectivity index (χ3n) is 2.72. The number of pyridine rings is 1. The van der Waals surface area contributed by atoms with E-state index in [1.165, 1.54) is 17.3 Å². The SMILES string of the molecule is Cc1ccc(Sc2nccc(C)c2/C(N)=N/O)cc1. The largest absolute Gasteiger partial charge is 0.409 e. The molecule has 2 rings (SSSR count). The Morgan fingerprint density at radius 2 is 1.89 bits per heavy atom. The first-order valence-corrected chi connectivity index (χ1v) is 6.61. The lowest BCUT2D eigenvalue weighted by molar-refractivity contribution is 0.318. The molecule has 0 aliphatic rings. The van der Waals surface area contributed by atoms with Crippen molar-refractivity contribution < 1.29 is 5.21 Å². The molecular formula is C14H15N3OS. The Hall–Kier alpha value is -2.01. The van der Waals surface area contributed by atoms with Crippen molar-refractivity contribution in [3.63, 3.8) is 0 Å². The summed E-state index contributed by atoms with van der Waals surface area (Å²) in [5.41, 5.74) is 8.53. The molecule has 0 radical (unpaired) electrons. The molecule has 0 unspecified atom stereocenters. The summed E-state index contributed by atoms with van der Waals surface area (Å²) in [5, 5.41) is 12.7. The number of aromatic nitrogens is 1. The molecule has 98 valence electrons. The van der Waals surface area contributed by atoms with Crippen LogP contribution in [0.25, 0.3) is 0 Å². The Balaban J connectivity index is 2.40. The van der Waals surface area contributed by atoms with Crippen LogP contribution in [0.5, 0.6) is 0 Å². The molecule has 4 nitrogen and oxygen atoms in total. The van der Waals surface area contributed by atoms with E-state index in [1.807, 2.05) is 44.2 Å². The molecule has 0 saturated carbocycles. The maximum atomic E-state index is 8.87. The number of hydrogen-bond donors (Lipinski definition) is 2. The van der Waals surface area contributed by atoms with E-state index in [9.17, 15) is 0 Å². The number of nitrogens with two attached hydrogens (primary N) is 1. The van der Waals surface area contributed by atoms with Gasteiger partial charge in [-0.2, -0.15) is 0 Å². The average molecular weight is 273 g/mol. The van der Waals surface area contributed by atoms with Gasteiger partial charge in [-0.05, 0) is 37.6 Å². The van der Waals surface area contributed by atoms with Crippen LogP contribution in [-0.4, -0.2) is 16.0 Å². The minimum absolute atomic E-state index is 0.0835. The van der Waals surface area contributed by atoms with Gasteiger partial charge in [0.25, 0.3) is 0 Å². The van der Waals surface area contributed by atoms with E-state index < -0.39 is 0 Å². The summed E-state index contributed by atoms with van der Waals surface area (Å²) < 4.78 is 0. The van der Waals surface area contributed by atoms with Crippen molar-refractivity contribution in [3.8, 4) is 0 Å². The average Bonchev–Trinajstić information content (AvgIpc) is 2.41. The molecule has 1 aromatic heterocycles. The van der Waals surface area contributed by atoms with E-state index in [4.69, 9.17) is 10.9 Å². The maximum Gasteiger partial charge on any atom is 0.173 e. The Morgan fingerprint density at radius 1 is 1.21 bits per heavy atom. The van der Waals surface area contributed by atoms with Crippen LogP contribution in [0.4, 0.5) is 0 Å². The molecule has 1 aromatic carbocycles. The molecule has 0 amide bonds. The zero-order valence-corrected chi connectivity index (χ0v) is 11.6. The lowest BCUT2D eigenvalue weighted by Crippen LogP contribution is -2.16. The van der Waals surface area contributed by atoms with Crippen molar-refractivity contribution in [2.24, 2.45) is 10.9 Å². The molecule has 19 heavy (non-hydrogen) atoms. The predicted molar refractivity (Wildman–Crippen MR) is 76.8 cm³/mol. The van der Waals surface area contributed by atoms with Gasteiger partial charge in [0.2, 0.25) is 0 Å². The summed E-state index contributed by atoms with van der Waals surface area (Å²) in [5.74, 6) is 0.0835. The Morgan fingerprint density at radius 3 is 2.53 bits per heavy atom. The number of nitrogens with zero attached hydrogens (tertiary/aromatic N) is 2. The van der Waals surface area contributed by atoms with E-state index in [-0.39, 0.29) is 5.84 Å². The molecule has 3 N–H and O–H groups in total. The highest BCUT2D eigenvalue weighted by Crippen LogP contribution is 2.30. The summed E-state index contributed by atoms with van der Waals surface area (Å²) in [6, 6.07) is 9.98. The molecule has 0 bridgehead atoms. The first-order chi connectivity index (χ1) is 9.11. The standard InChI is InChI=1S/C14H15N3OS/c1-9-3-5-11(6-4-9)19-14-12(13(15)17-18)10(2)7-8-16-14/h3-8,18H,1-2H3,(H2,15,17). The van der Waals surface area contributed by atoms with Gasteiger partial charge in [0.05, 0.1) is 5.56 Å². The minimum atomic E-state index is 0.0835. The van der Waals surface area contributed by atoms with Crippen LogP contribution >= 0.6 is 11.8 Å². The molecule has 0 atom stereocenters. The molecule has 0 fully saturated rings. The van der Waals surface area contributed by atoms with Gasteiger partial charge in [-0.25, -0.2) is 4.98 Å². The van der Waals surface area contributed by atoms with Crippen LogP contribution in [-0.2, 0) is 0 Å². The van der Waals surface area contributed by atoms with Crippen molar-refractivity contribution >= 4 is 17.6 Å². The zero-order valence-electron chi connectivity index (χ0n) is 10.8. The van der Waals surface area contributed by atoms with E-state index in [2.05, 4.69) is 10.1 Å². The van der Waals surface area contributed by atoms with Gasteiger partial charge in [-0.3, -0.25) is 0 Å². The molecular weight excluding hydrogens is 258 g/mol. The van der Waals surface area contributed by atoms with Gasteiger partial charge < -0.3 is 10.9 Å². The second-order valence-corrected chi connectivity index (χ2v) is 5.27. The second-order valence-electron chi connectivity index (χ2n) is 4.21. The highest BCUT2D eigenvalue weighted by molar-refractivity contribution is 7.99. The van der Waals surface area contributed by atoms with E-state index in [1.54, 1.807) is 6.20 Å². The quantitative estimate of drug-likeness (QED) is 0.390. The van der Waals surface area contributed by atoms with E-state index in [0.717, 1.165) is 15.5 Å². The van der Waals surface area contributed by atoms with Gasteiger partial charge in [0.15, 0.2) is 5.84 Å². The molecule has 5 heteroatoms. The highest BCUT2D eigenvalue weighted by Gasteiger charge is 2.12. The lowest BCUT2D eigenvalue weighted by atomic mass is 10.1. The fourth-order valence-corrected chi connectivity index (χ4v) is 2.67. The minimum Gasteiger partial charge on any atom is -0.409 e. The number of amidine groups is 1. The zero-order chi connectivity index (χ0) is 13.8. The maximum absolute atomic E-state index is 8.87. The third-order valence-corrected chi connectivity index (χ3v) is 3.73. The topological polar surface area (TPSA) is 71.5 Å². The van der Waals surface area contributed by atoms with E-state index >= 15 is 0 Å². The van der Waals surface area contributed by atoms with Crippen LogP contribution < -0.4 is 5.73 Å². The number of oxime groups is 1. The molecule has 0 spiro atoms. The van der Waals surface area contributed by atoms with Gasteiger partial charge in [0, 0.05) is 11.1 Å². The monoisotopic (exact) mass is 273 g/mol. The van der Waals surface area contributed by atoms with Crippen LogP contribution in [0.15, 0.2) is 51.6 Å². The molecule has 2 aromatic rings. The Bertz CT molecular complexity index is 609. The van der Waals surface area contributed by atoms with Crippen LogP contribution in [0, 0.1) is 13.8 Å². The second kappa shape index (κ2) is 5.75. The molecule has 0 aliphatic heterocycles. The summed E-state index contributed by atoms with van der Waals surface area (Å²) in [7, 11) is 0. The van der Waals surface area contributed by atoms with Crippen molar-refractivity contribution in [2.75, 3.05) is 0 Å². The van der Waals surface area contributed by atoms with Crippen molar-refractivity contribution in [2.45, 2.75) is 23.8 Å². The van der Waals surface area contributed by atoms with Crippen LogP contribution in [0.3, 0.4) is 0 Å². The predicted octanol–water partition coefficient (Wildman–Crippen LogP) is 2.94. The summed E-state index contributed by atoms with van der Waals surface area (Å²) in [6.45, 7) is 3.95. The fraction of sp³-hybridized carbons (Fsp3) is 0.143. The van der Waals surface area contributed by atoms with Crippen molar-refractivity contribution in [3.05, 3.63) is 53.2 Å². The van der Waals surface area contributed by atoms with Gasteiger partial charge in [-0.1, -0.05) is 34.6 Å². The van der Waals surface area contributed by atoms with Crippen molar-refractivity contribution in [1.29, 1.82) is 0 Å². The van der Waals surface area contributed by atoms with Crippen LogP contribution in [0.2, 0.25) is 0 Å². The van der Waals surface area contributed by atoms with Crippen LogP contribution in [0.1, 0.15) is 16.7 Å². The number of benzene rings is 1. The normalized spacial score (nSPS) is 11.6.